The van der Waals surface area contributed by atoms with Crippen molar-refractivity contribution in [3.63, 3.8) is 0 Å². The fraction of sp³-hybridized carbons (Fsp3) is 0.538. The number of ether oxygens (including phenoxy) is 2. The average molecular weight is 260 g/mol. The molecule has 1 aromatic carbocycles. The molecule has 0 radical (unpaired) electrons. The zero-order valence-electron chi connectivity index (χ0n) is 10.3. The van der Waals surface area contributed by atoms with Crippen molar-refractivity contribution in [2.75, 3.05) is 13.2 Å². The molecule has 0 aromatic heterocycles. The molecule has 1 fully saturated rings. The Balaban J connectivity index is 2.32. The summed E-state index contributed by atoms with van der Waals surface area (Å²) in [7, 11) is 0. The molecule has 0 bridgehead atoms. The summed E-state index contributed by atoms with van der Waals surface area (Å²) in [6.07, 6.45) is -4.67. The number of alkyl halides is 3. The van der Waals surface area contributed by atoms with Crippen LogP contribution in [0.2, 0.25) is 0 Å². The first-order valence-electron chi connectivity index (χ1n) is 5.83. The van der Waals surface area contributed by atoms with Crippen LogP contribution in [0.15, 0.2) is 18.2 Å². The highest BCUT2D eigenvalue weighted by atomic mass is 19.4. The van der Waals surface area contributed by atoms with Gasteiger partial charge in [0.2, 0.25) is 0 Å². The van der Waals surface area contributed by atoms with E-state index in [1.807, 2.05) is 13.8 Å². The molecule has 0 atom stereocenters. The Morgan fingerprint density at radius 1 is 1.28 bits per heavy atom. The van der Waals surface area contributed by atoms with Crippen molar-refractivity contribution in [2.24, 2.45) is 0 Å². The van der Waals surface area contributed by atoms with E-state index in [1.54, 1.807) is 6.07 Å². The molecule has 2 rings (SSSR count). The van der Waals surface area contributed by atoms with Crippen molar-refractivity contribution in [1.29, 1.82) is 0 Å². The standard InChI is InChI=1S/C13H15F3O2/c1-8(2)9-3-4-12(18-10-6-17-7-10)11(5-9)13(14,15)16/h3-5,8,10H,6-7H2,1-2H3. The van der Waals surface area contributed by atoms with E-state index in [0.717, 1.165) is 0 Å². The van der Waals surface area contributed by atoms with E-state index < -0.39 is 11.7 Å². The van der Waals surface area contributed by atoms with Gasteiger partial charge in [-0.05, 0) is 23.6 Å². The second-order valence-corrected chi connectivity index (χ2v) is 4.69. The molecule has 0 spiro atoms. The topological polar surface area (TPSA) is 18.5 Å². The number of hydrogen-bond acceptors (Lipinski definition) is 2. The van der Waals surface area contributed by atoms with Crippen LogP contribution < -0.4 is 4.74 Å². The lowest BCUT2D eigenvalue weighted by atomic mass is 10.00. The predicted octanol–water partition coefficient (Wildman–Crippen LogP) is 3.61. The Labute approximate surface area is 104 Å². The molecule has 0 unspecified atom stereocenters. The summed E-state index contributed by atoms with van der Waals surface area (Å²) in [5.74, 6) is -0.0626. The van der Waals surface area contributed by atoms with Crippen LogP contribution >= 0.6 is 0 Å². The van der Waals surface area contributed by atoms with E-state index in [0.29, 0.717) is 18.8 Å². The summed E-state index contributed by atoms with van der Waals surface area (Å²) in [6, 6.07) is 4.24. The Morgan fingerprint density at radius 3 is 2.39 bits per heavy atom. The fourth-order valence-corrected chi connectivity index (χ4v) is 1.69. The third-order valence-electron chi connectivity index (χ3n) is 2.88. The Morgan fingerprint density at radius 2 is 1.94 bits per heavy atom. The van der Waals surface area contributed by atoms with Gasteiger partial charge in [0.05, 0.1) is 18.8 Å². The van der Waals surface area contributed by atoms with Crippen molar-refractivity contribution in [1.82, 2.24) is 0 Å². The first kappa shape index (κ1) is 13.2. The van der Waals surface area contributed by atoms with Gasteiger partial charge < -0.3 is 9.47 Å². The van der Waals surface area contributed by atoms with Gasteiger partial charge in [-0.1, -0.05) is 19.9 Å². The molecule has 0 amide bonds. The van der Waals surface area contributed by atoms with Crippen LogP contribution in [0.5, 0.6) is 5.75 Å². The Hall–Kier alpha value is -1.23. The molecule has 2 nitrogen and oxygen atoms in total. The average Bonchev–Trinajstić information content (AvgIpc) is 2.22. The van der Waals surface area contributed by atoms with E-state index in [2.05, 4.69) is 0 Å². The molecular formula is C13H15F3O2. The fourth-order valence-electron chi connectivity index (χ4n) is 1.69. The van der Waals surface area contributed by atoms with Crippen LogP contribution in [0.3, 0.4) is 0 Å². The number of benzene rings is 1. The maximum Gasteiger partial charge on any atom is 0.419 e. The summed E-state index contributed by atoms with van der Waals surface area (Å²) in [6.45, 7) is 4.41. The first-order valence-corrected chi connectivity index (χ1v) is 5.83. The highest BCUT2D eigenvalue weighted by molar-refractivity contribution is 5.40. The largest absolute Gasteiger partial charge is 0.485 e. The number of rotatable bonds is 3. The molecule has 1 aromatic rings. The van der Waals surface area contributed by atoms with Gasteiger partial charge in [0, 0.05) is 0 Å². The molecule has 1 heterocycles. The highest BCUT2D eigenvalue weighted by Crippen LogP contribution is 2.38. The highest BCUT2D eigenvalue weighted by Gasteiger charge is 2.36. The maximum absolute atomic E-state index is 13.0. The van der Waals surface area contributed by atoms with Crippen molar-refractivity contribution in [3.8, 4) is 5.75 Å². The van der Waals surface area contributed by atoms with E-state index in [1.165, 1.54) is 12.1 Å². The second kappa shape index (κ2) is 4.80. The molecule has 18 heavy (non-hydrogen) atoms. The smallest absolute Gasteiger partial charge is 0.419 e. The van der Waals surface area contributed by atoms with E-state index in [-0.39, 0.29) is 17.8 Å². The second-order valence-electron chi connectivity index (χ2n) is 4.69. The van der Waals surface area contributed by atoms with Gasteiger partial charge in [-0.2, -0.15) is 13.2 Å². The van der Waals surface area contributed by atoms with Crippen LogP contribution in [0.1, 0.15) is 30.9 Å². The lowest BCUT2D eigenvalue weighted by Crippen LogP contribution is -2.39. The normalized spacial score (nSPS) is 16.8. The Kier molecular flexibility index (Phi) is 3.52. The Bertz CT molecular complexity index is 423. The minimum absolute atomic E-state index is 0.0483. The molecule has 1 aliphatic rings. The van der Waals surface area contributed by atoms with Crippen LogP contribution in [-0.4, -0.2) is 19.3 Å². The van der Waals surface area contributed by atoms with Crippen molar-refractivity contribution in [3.05, 3.63) is 29.3 Å². The molecular weight excluding hydrogens is 245 g/mol. The zero-order chi connectivity index (χ0) is 13.3. The molecule has 0 saturated carbocycles. The predicted molar refractivity (Wildman–Crippen MR) is 60.8 cm³/mol. The van der Waals surface area contributed by atoms with E-state index in [4.69, 9.17) is 9.47 Å². The lowest BCUT2D eigenvalue weighted by Gasteiger charge is -2.28. The van der Waals surface area contributed by atoms with Gasteiger partial charge in [0.25, 0.3) is 0 Å². The van der Waals surface area contributed by atoms with Crippen LogP contribution in [0.4, 0.5) is 13.2 Å². The van der Waals surface area contributed by atoms with Crippen molar-refractivity contribution >= 4 is 0 Å². The first-order chi connectivity index (χ1) is 8.38. The summed E-state index contributed by atoms with van der Waals surface area (Å²) >= 11 is 0. The van der Waals surface area contributed by atoms with Crippen molar-refractivity contribution < 1.29 is 22.6 Å². The summed E-state index contributed by atoms with van der Waals surface area (Å²) < 4.78 is 49.0. The lowest BCUT2D eigenvalue weighted by molar-refractivity contribution is -0.142. The SMILES string of the molecule is CC(C)c1ccc(OC2COC2)c(C(F)(F)F)c1. The molecule has 1 aliphatic heterocycles. The van der Waals surface area contributed by atoms with Crippen LogP contribution in [0.25, 0.3) is 0 Å². The van der Waals surface area contributed by atoms with Crippen LogP contribution in [0, 0.1) is 0 Å². The van der Waals surface area contributed by atoms with E-state index in [9.17, 15) is 13.2 Å². The molecule has 0 aliphatic carbocycles. The van der Waals surface area contributed by atoms with Gasteiger partial charge in [-0.3, -0.25) is 0 Å². The minimum atomic E-state index is -4.40. The minimum Gasteiger partial charge on any atom is -0.485 e. The van der Waals surface area contributed by atoms with Gasteiger partial charge in [0.1, 0.15) is 11.9 Å². The molecule has 100 valence electrons. The summed E-state index contributed by atoms with van der Waals surface area (Å²) in [5, 5.41) is 0. The number of halogens is 3. The zero-order valence-corrected chi connectivity index (χ0v) is 10.3. The van der Waals surface area contributed by atoms with E-state index >= 15 is 0 Å². The quantitative estimate of drug-likeness (QED) is 0.826. The van der Waals surface area contributed by atoms with Gasteiger partial charge in [0.15, 0.2) is 0 Å². The maximum atomic E-state index is 13.0. The molecule has 0 N–H and O–H groups in total. The van der Waals surface area contributed by atoms with Gasteiger partial charge >= 0.3 is 6.18 Å². The monoisotopic (exact) mass is 260 g/mol. The van der Waals surface area contributed by atoms with Gasteiger partial charge in [-0.15, -0.1) is 0 Å². The van der Waals surface area contributed by atoms with Crippen LogP contribution in [-0.2, 0) is 10.9 Å². The number of hydrogen-bond donors (Lipinski definition) is 0. The third-order valence-corrected chi connectivity index (χ3v) is 2.88. The summed E-state index contributed by atoms with van der Waals surface area (Å²) in [5.41, 5.74) is -0.0554. The van der Waals surface area contributed by atoms with Crippen molar-refractivity contribution in [2.45, 2.75) is 32.0 Å². The molecule has 1 saturated heterocycles. The van der Waals surface area contributed by atoms with Gasteiger partial charge in [-0.25, -0.2) is 0 Å². The third kappa shape index (κ3) is 2.77. The summed E-state index contributed by atoms with van der Waals surface area (Å²) in [4.78, 5) is 0. The molecule has 5 heteroatoms.